The highest BCUT2D eigenvalue weighted by Crippen LogP contribution is 2.31. The van der Waals surface area contributed by atoms with Gasteiger partial charge in [0.25, 0.3) is 0 Å². The maximum atomic E-state index is 12.6. The van der Waals surface area contributed by atoms with Gasteiger partial charge in [-0.2, -0.15) is 13.2 Å². The normalized spacial score (nSPS) is 12.7. The summed E-state index contributed by atoms with van der Waals surface area (Å²) >= 11 is 1.12. The number of rotatable bonds is 4. The van der Waals surface area contributed by atoms with Gasteiger partial charge in [0.05, 0.1) is 10.8 Å². The van der Waals surface area contributed by atoms with Crippen LogP contribution in [0.4, 0.5) is 18.9 Å². The largest absolute Gasteiger partial charge is 0.416 e. The molecule has 2 aromatic rings. The number of thioether (sulfide) groups is 1. The highest BCUT2D eigenvalue weighted by atomic mass is 32.2. The molecule has 8 heteroatoms. The number of anilines is 1. The van der Waals surface area contributed by atoms with Crippen molar-refractivity contribution in [1.29, 1.82) is 0 Å². The number of hydrogen-bond acceptors (Lipinski definition) is 4. The predicted molar refractivity (Wildman–Crippen MR) is 77.4 cm³/mol. The van der Waals surface area contributed by atoms with Gasteiger partial charge in [-0.25, -0.2) is 9.97 Å². The third-order valence-electron chi connectivity index (χ3n) is 2.65. The lowest BCUT2D eigenvalue weighted by Gasteiger charge is -2.12. The Morgan fingerprint density at radius 2 is 1.91 bits per heavy atom. The van der Waals surface area contributed by atoms with E-state index in [0.29, 0.717) is 5.16 Å². The molecule has 1 aromatic carbocycles. The van der Waals surface area contributed by atoms with Crippen molar-refractivity contribution in [1.82, 2.24) is 9.97 Å². The number of nitrogens with zero attached hydrogens (tertiary/aromatic N) is 2. The molecule has 0 saturated heterocycles. The molecule has 0 aliphatic rings. The fraction of sp³-hybridized carbons (Fsp3) is 0.214. The van der Waals surface area contributed by atoms with Gasteiger partial charge < -0.3 is 5.32 Å². The molecule has 0 fully saturated rings. The Kier molecular flexibility index (Phi) is 5.02. The maximum Gasteiger partial charge on any atom is 0.416 e. The van der Waals surface area contributed by atoms with Gasteiger partial charge in [0.15, 0.2) is 5.16 Å². The number of carbonyl (C=O) groups is 1. The highest BCUT2D eigenvalue weighted by molar-refractivity contribution is 8.00. The van der Waals surface area contributed by atoms with Gasteiger partial charge >= 0.3 is 6.18 Å². The first-order chi connectivity index (χ1) is 10.4. The fourth-order valence-electron chi connectivity index (χ4n) is 1.58. The molecule has 1 unspecified atom stereocenters. The summed E-state index contributed by atoms with van der Waals surface area (Å²) in [5.41, 5.74) is -0.710. The van der Waals surface area contributed by atoms with Crippen LogP contribution < -0.4 is 5.32 Å². The lowest BCUT2D eigenvalue weighted by Crippen LogP contribution is -2.22. The number of amides is 1. The van der Waals surface area contributed by atoms with Crippen molar-refractivity contribution in [2.75, 3.05) is 5.32 Å². The van der Waals surface area contributed by atoms with E-state index in [4.69, 9.17) is 0 Å². The molecule has 4 nitrogen and oxygen atoms in total. The average molecular weight is 327 g/mol. The minimum atomic E-state index is -4.45. The van der Waals surface area contributed by atoms with Crippen LogP contribution in [0.3, 0.4) is 0 Å². The van der Waals surface area contributed by atoms with E-state index in [1.165, 1.54) is 12.1 Å². The maximum absolute atomic E-state index is 12.6. The second kappa shape index (κ2) is 6.78. The lowest BCUT2D eigenvalue weighted by molar-refractivity contribution is -0.137. The van der Waals surface area contributed by atoms with Crippen LogP contribution in [-0.4, -0.2) is 21.1 Å². The van der Waals surface area contributed by atoms with E-state index in [1.807, 2.05) is 0 Å². The summed E-state index contributed by atoms with van der Waals surface area (Å²) in [5, 5.41) is 2.34. The standard InChI is InChI=1S/C14H12F3N3OS/c1-9(22-13-18-6-3-7-19-13)12(21)20-11-5-2-4-10(8-11)14(15,16)17/h2-9H,1H3,(H,20,21). The third kappa shape index (κ3) is 4.45. The molecule has 0 aliphatic heterocycles. The number of halogens is 3. The molecule has 0 spiro atoms. The van der Waals surface area contributed by atoms with Crippen molar-refractivity contribution in [2.24, 2.45) is 0 Å². The molecule has 0 bridgehead atoms. The predicted octanol–water partition coefficient (Wildman–Crippen LogP) is 3.61. The average Bonchev–Trinajstić information content (AvgIpc) is 2.47. The van der Waals surface area contributed by atoms with E-state index in [2.05, 4.69) is 15.3 Å². The molecule has 1 aromatic heterocycles. The van der Waals surface area contributed by atoms with E-state index in [9.17, 15) is 18.0 Å². The van der Waals surface area contributed by atoms with Crippen molar-refractivity contribution in [2.45, 2.75) is 23.5 Å². The summed E-state index contributed by atoms with van der Waals surface area (Å²) in [6.07, 6.45) is -1.35. The number of alkyl halides is 3. The Balaban J connectivity index is 2.02. The van der Waals surface area contributed by atoms with Gasteiger partial charge in [-0.15, -0.1) is 0 Å². The zero-order valence-corrected chi connectivity index (χ0v) is 12.3. The van der Waals surface area contributed by atoms with Crippen molar-refractivity contribution in [3.63, 3.8) is 0 Å². The monoisotopic (exact) mass is 327 g/mol. The molecule has 1 heterocycles. The first-order valence-corrected chi connectivity index (χ1v) is 7.16. The molecule has 0 saturated carbocycles. The first kappa shape index (κ1) is 16.3. The fourth-order valence-corrected chi connectivity index (χ4v) is 2.30. The third-order valence-corrected chi connectivity index (χ3v) is 3.64. The summed E-state index contributed by atoms with van der Waals surface area (Å²) < 4.78 is 37.9. The first-order valence-electron chi connectivity index (χ1n) is 6.28. The number of nitrogens with one attached hydrogen (secondary N) is 1. The highest BCUT2D eigenvalue weighted by Gasteiger charge is 2.30. The molecule has 1 N–H and O–H groups in total. The topological polar surface area (TPSA) is 54.9 Å². The molecular weight excluding hydrogens is 315 g/mol. The molecule has 22 heavy (non-hydrogen) atoms. The van der Waals surface area contributed by atoms with Gasteiger partial charge in [-0.1, -0.05) is 17.8 Å². The van der Waals surface area contributed by atoms with Crippen LogP contribution in [0.25, 0.3) is 0 Å². The van der Waals surface area contributed by atoms with E-state index in [-0.39, 0.29) is 5.69 Å². The molecular formula is C14H12F3N3OS. The summed E-state index contributed by atoms with van der Waals surface area (Å²) in [4.78, 5) is 20.0. The van der Waals surface area contributed by atoms with Crippen molar-refractivity contribution < 1.29 is 18.0 Å². The Labute approximate surface area is 129 Å². The van der Waals surface area contributed by atoms with E-state index < -0.39 is 22.9 Å². The van der Waals surface area contributed by atoms with Crippen LogP contribution in [0, 0.1) is 0 Å². The van der Waals surface area contributed by atoms with Crippen molar-refractivity contribution >= 4 is 23.4 Å². The second-order valence-electron chi connectivity index (χ2n) is 4.36. The number of carbonyl (C=O) groups excluding carboxylic acids is 1. The molecule has 1 atom stereocenters. The minimum absolute atomic E-state index is 0.0984. The molecule has 0 aliphatic carbocycles. The second-order valence-corrected chi connectivity index (χ2v) is 5.67. The quantitative estimate of drug-likeness (QED) is 0.688. The van der Waals surface area contributed by atoms with Crippen LogP contribution in [0.5, 0.6) is 0 Å². The lowest BCUT2D eigenvalue weighted by atomic mass is 10.2. The molecule has 0 radical (unpaired) electrons. The van der Waals surface area contributed by atoms with Crippen LogP contribution in [-0.2, 0) is 11.0 Å². The van der Waals surface area contributed by atoms with Crippen molar-refractivity contribution in [3.8, 4) is 0 Å². The van der Waals surface area contributed by atoms with Gasteiger partial charge in [-0.05, 0) is 31.2 Å². The number of hydrogen-bond donors (Lipinski definition) is 1. The van der Waals surface area contributed by atoms with Gasteiger partial charge in [0.2, 0.25) is 5.91 Å². The summed E-state index contributed by atoms with van der Waals surface area (Å²) in [5.74, 6) is -0.420. The molecule has 2 rings (SSSR count). The van der Waals surface area contributed by atoms with E-state index in [0.717, 1.165) is 23.9 Å². The Bertz CT molecular complexity index is 649. The summed E-state index contributed by atoms with van der Waals surface area (Å²) in [6.45, 7) is 1.63. The van der Waals surface area contributed by atoms with Crippen molar-refractivity contribution in [3.05, 3.63) is 48.3 Å². The van der Waals surface area contributed by atoms with Crippen LogP contribution >= 0.6 is 11.8 Å². The Morgan fingerprint density at radius 1 is 1.23 bits per heavy atom. The summed E-state index contributed by atoms with van der Waals surface area (Å²) in [7, 11) is 0. The molecule has 116 valence electrons. The Hall–Kier alpha value is -2.09. The summed E-state index contributed by atoms with van der Waals surface area (Å²) in [6, 6.07) is 6.15. The number of aromatic nitrogens is 2. The smallest absolute Gasteiger partial charge is 0.325 e. The Morgan fingerprint density at radius 3 is 2.55 bits per heavy atom. The number of benzene rings is 1. The van der Waals surface area contributed by atoms with Gasteiger partial charge in [0.1, 0.15) is 0 Å². The minimum Gasteiger partial charge on any atom is -0.325 e. The SMILES string of the molecule is CC(Sc1ncccn1)C(=O)Nc1cccc(C(F)(F)F)c1. The van der Waals surface area contributed by atoms with Crippen LogP contribution in [0.1, 0.15) is 12.5 Å². The zero-order valence-electron chi connectivity index (χ0n) is 11.5. The van der Waals surface area contributed by atoms with Gasteiger partial charge in [-0.3, -0.25) is 4.79 Å². The molecule has 1 amide bonds. The van der Waals surface area contributed by atoms with E-state index >= 15 is 0 Å². The van der Waals surface area contributed by atoms with Crippen LogP contribution in [0.15, 0.2) is 47.9 Å². The van der Waals surface area contributed by atoms with E-state index in [1.54, 1.807) is 25.4 Å². The van der Waals surface area contributed by atoms with Gasteiger partial charge in [0, 0.05) is 18.1 Å². The zero-order chi connectivity index (χ0) is 16.2. The van der Waals surface area contributed by atoms with Crippen LogP contribution in [0.2, 0.25) is 0 Å².